The summed E-state index contributed by atoms with van der Waals surface area (Å²) in [5.41, 5.74) is 1.26. The molecule has 1 heterocycles. The number of ether oxygens (including phenoxy) is 2. The molecule has 5 heteroatoms. The highest BCUT2D eigenvalue weighted by Gasteiger charge is 2.17. The Kier molecular flexibility index (Phi) is 6.56. The molecule has 0 aliphatic rings. The zero-order valence-corrected chi connectivity index (χ0v) is 12.3. The van der Waals surface area contributed by atoms with Gasteiger partial charge in [-0.25, -0.2) is 4.79 Å². The van der Waals surface area contributed by atoms with Crippen LogP contribution in [0.5, 0.6) is 0 Å². The molecule has 0 saturated heterocycles. The molecule has 0 bridgehead atoms. The van der Waals surface area contributed by atoms with Crippen molar-refractivity contribution in [2.24, 2.45) is 13.0 Å². The van der Waals surface area contributed by atoms with E-state index in [1.165, 1.54) is 6.20 Å². The summed E-state index contributed by atoms with van der Waals surface area (Å²) in [7, 11) is 1.80. The number of hydrogen-bond donors (Lipinski definition) is 0. The molecule has 1 unspecified atom stereocenters. The van der Waals surface area contributed by atoms with Gasteiger partial charge in [-0.1, -0.05) is 20.3 Å². The maximum absolute atomic E-state index is 11.7. The number of nitrogens with zero attached hydrogens (tertiary/aromatic N) is 2. The smallest absolute Gasteiger partial charge is 0.341 e. The molecule has 0 saturated carbocycles. The van der Waals surface area contributed by atoms with E-state index in [9.17, 15) is 4.79 Å². The predicted molar refractivity (Wildman–Crippen MR) is 72.9 cm³/mol. The van der Waals surface area contributed by atoms with Gasteiger partial charge >= 0.3 is 5.97 Å². The van der Waals surface area contributed by atoms with Crippen molar-refractivity contribution >= 4 is 5.97 Å². The molecular weight excluding hydrogens is 244 g/mol. The van der Waals surface area contributed by atoms with E-state index >= 15 is 0 Å². The maximum Gasteiger partial charge on any atom is 0.341 e. The van der Waals surface area contributed by atoms with Crippen molar-refractivity contribution in [3.8, 4) is 0 Å². The third-order valence-electron chi connectivity index (χ3n) is 2.98. The zero-order valence-electron chi connectivity index (χ0n) is 12.3. The minimum absolute atomic E-state index is 0.337. The monoisotopic (exact) mass is 268 g/mol. The quantitative estimate of drug-likeness (QED) is 0.680. The van der Waals surface area contributed by atoms with E-state index in [0.717, 1.165) is 18.5 Å². The molecule has 19 heavy (non-hydrogen) atoms. The summed E-state index contributed by atoms with van der Waals surface area (Å²) in [4.78, 5) is 11.7. The van der Waals surface area contributed by atoms with Gasteiger partial charge in [0.2, 0.25) is 0 Å². The maximum atomic E-state index is 11.7. The van der Waals surface area contributed by atoms with Crippen LogP contribution in [-0.4, -0.2) is 29.0 Å². The highest BCUT2D eigenvalue weighted by molar-refractivity contribution is 5.90. The van der Waals surface area contributed by atoms with E-state index in [2.05, 4.69) is 18.9 Å². The van der Waals surface area contributed by atoms with Crippen molar-refractivity contribution in [3.05, 3.63) is 17.5 Å². The van der Waals surface area contributed by atoms with E-state index < -0.39 is 0 Å². The van der Waals surface area contributed by atoms with Gasteiger partial charge in [0.15, 0.2) is 0 Å². The minimum Gasteiger partial charge on any atom is -0.462 e. The summed E-state index contributed by atoms with van der Waals surface area (Å²) in [6.45, 7) is 7.56. The molecule has 0 aliphatic carbocycles. The van der Waals surface area contributed by atoms with Crippen LogP contribution in [0.15, 0.2) is 6.20 Å². The zero-order chi connectivity index (χ0) is 14.3. The first-order chi connectivity index (χ1) is 9.10. The number of aromatic nitrogens is 2. The van der Waals surface area contributed by atoms with Gasteiger partial charge in [0.05, 0.1) is 25.1 Å². The van der Waals surface area contributed by atoms with Crippen LogP contribution in [0.4, 0.5) is 0 Å². The Bertz CT molecular complexity index is 401. The summed E-state index contributed by atoms with van der Waals surface area (Å²) in [5.74, 6) is 0.195. The lowest BCUT2D eigenvalue weighted by Crippen LogP contribution is -2.12. The highest BCUT2D eigenvalue weighted by Crippen LogP contribution is 2.12. The molecule has 0 amide bonds. The van der Waals surface area contributed by atoms with Crippen LogP contribution in [0.2, 0.25) is 0 Å². The fourth-order valence-electron chi connectivity index (χ4n) is 1.95. The van der Waals surface area contributed by atoms with Crippen LogP contribution in [0.3, 0.4) is 0 Å². The Morgan fingerprint density at radius 2 is 2.21 bits per heavy atom. The molecule has 1 aromatic rings. The summed E-state index contributed by atoms with van der Waals surface area (Å²) < 4.78 is 12.3. The van der Waals surface area contributed by atoms with Gasteiger partial charge in [0.1, 0.15) is 5.56 Å². The molecule has 5 nitrogen and oxygen atoms in total. The molecule has 0 aliphatic heterocycles. The first-order valence-electron chi connectivity index (χ1n) is 6.85. The van der Waals surface area contributed by atoms with Gasteiger partial charge < -0.3 is 9.47 Å². The number of carbonyl (C=O) groups excluding carboxylic acids is 1. The lowest BCUT2D eigenvalue weighted by Gasteiger charge is -2.11. The Morgan fingerprint density at radius 1 is 1.47 bits per heavy atom. The molecule has 0 aromatic carbocycles. The molecule has 0 fully saturated rings. The molecule has 1 rings (SSSR count). The van der Waals surface area contributed by atoms with Gasteiger partial charge in [-0.2, -0.15) is 5.10 Å². The van der Waals surface area contributed by atoms with Crippen molar-refractivity contribution in [2.75, 3.05) is 13.2 Å². The number of aryl methyl sites for hydroxylation is 1. The number of rotatable bonds is 8. The summed E-state index contributed by atoms with van der Waals surface area (Å²) in [5, 5.41) is 4.09. The average molecular weight is 268 g/mol. The molecule has 0 radical (unpaired) electrons. The van der Waals surface area contributed by atoms with E-state index in [4.69, 9.17) is 9.47 Å². The second-order valence-electron chi connectivity index (χ2n) is 4.76. The predicted octanol–water partition coefficient (Wildman–Crippen LogP) is 2.55. The molecule has 0 N–H and O–H groups in total. The Balaban J connectivity index is 2.57. The van der Waals surface area contributed by atoms with Crippen molar-refractivity contribution in [3.63, 3.8) is 0 Å². The molecule has 1 atom stereocenters. The average Bonchev–Trinajstić information content (AvgIpc) is 2.72. The van der Waals surface area contributed by atoms with Crippen LogP contribution >= 0.6 is 0 Å². The van der Waals surface area contributed by atoms with Crippen molar-refractivity contribution in [1.82, 2.24) is 9.78 Å². The molecule has 108 valence electrons. The fourth-order valence-corrected chi connectivity index (χ4v) is 1.95. The third-order valence-corrected chi connectivity index (χ3v) is 2.98. The second kappa shape index (κ2) is 7.94. The Morgan fingerprint density at radius 3 is 2.84 bits per heavy atom. The van der Waals surface area contributed by atoms with Gasteiger partial charge in [-0.3, -0.25) is 4.68 Å². The number of carbonyl (C=O) groups is 1. The first-order valence-corrected chi connectivity index (χ1v) is 6.85. The Hall–Kier alpha value is -1.36. The van der Waals surface area contributed by atoms with Crippen LogP contribution in [0.25, 0.3) is 0 Å². The fraction of sp³-hybridized carbons (Fsp3) is 0.714. The van der Waals surface area contributed by atoms with Crippen molar-refractivity contribution in [2.45, 2.75) is 40.2 Å². The summed E-state index contributed by atoms with van der Waals surface area (Å²) in [6.07, 6.45) is 3.84. The number of hydrogen-bond acceptors (Lipinski definition) is 4. The highest BCUT2D eigenvalue weighted by atomic mass is 16.5. The lowest BCUT2D eigenvalue weighted by atomic mass is 10.1. The summed E-state index contributed by atoms with van der Waals surface area (Å²) >= 11 is 0. The van der Waals surface area contributed by atoms with Crippen LogP contribution < -0.4 is 0 Å². The van der Waals surface area contributed by atoms with Gasteiger partial charge in [-0.15, -0.1) is 0 Å². The van der Waals surface area contributed by atoms with Gasteiger partial charge in [-0.05, 0) is 19.3 Å². The normalized spacial score (nSPS) is 12.4. The van der Waals surface area contributed by atoms with Crippen molar-refractivity contribution in [1.29, 1.82) is 0 Å². The number of esters is 1. The minimum atomic E-state index is -0.337. The van der Waals surface area contributed by atoms with Crippen LogP contribution in [0.1, 0.15) is 49.7 Å². The van der Waals surface area contributed by atoms with Crippen molar-refractivity contribution < 1.29 is 14.3 Å². The first kappa shape index (κ1) is 15.7. The van der Waals surface area contributed by atoms with E-state index in [1.807, 2.05) is 0 Å². The summed E-state index contributed by atoms with van der Waals surface area (Å²) in [6, 6.07) is 0. The molecular formula is C14H24N2O3. The van der Waals surface area contributed by atoms with E-state index in [1.54, 1.807) is 18.7 Å². The van der Waals surface area contributed by atoms with Gasteiger partial charge in [0, 0.05) is 13.7 Å². The lowest BCUT2D eigenvalue weighted by molar-refractivity contribution is 0.0512. The van der Waals surface area contributed by atoms with Crippen LogP contribution in [0, 0.1) is 5.92 Å². The molecule has 0 spiro atoms. The topological polar surface area (TPSA) is 53.4 Å². The second-order valence-corrected chi connectivity index (χ2v) is 4.76. The SMILES string of the molecule is CCCC(C)COCc1c(C(=O)OCC)cnn1C. The largest absolute Gasteiger partial charge is 0.462 e. The Labute approximate surface area is 114 Å². The standard InChI is InChI=1S/C14H24N2O3/c1-5-7-11(3)9-18-10-13-12(8-15-16(13)4)14(17)19-6-2/h8,11H,5-7,9-10H2,1-4H3. The van der Waals surface area contributed by atoms with Crippen LogP contribution in [-0.2, 0) is 23.1 Å². The molecule has 1 aromatic heterocycles. The van der Waals surface area contributed by atoms with Gasteiger partial charge in [0.25, 0.3) is 0 Å². The van der Waals surface area contributed by atoms with E-state index in [-0.39, 0.29) is 5.97 Å². The third kappa shape index (κ3) is 4.67. The van der Waals surface area contributed by atoms with E-state index in [0.29, 0.717) is 31.3 Å².